The van der Waals surface area contributed by atoms with E-state index in [9.17, 15) is 22.8 Å². The SMILES string of the molecule is CC[C@H](C)n1c(CCOCc2ccccc2)ccc1C(=O)Nc1cc(CC(=O)OC)ccc1C(F)(F)F. The van der Waals surface area contributed by atoms with Crippen LogP contribution in [0.5, 0.6) is 0 Å². The van der Waals surface area contributed by atoms with Crippen molar-refractivity contribution in [3.05, 3.63) is 88.7 Å². The molecule has 1 amide bonds. The van der Waals surface area contributed by atoms with Gasteiger partial charge in [0.25, 0.3) is 5.91 Å². The number of carbonyl (C=O) groups is 2. The van der Waals surface area contributed by atoms with E-state index >= 15 is 0 Å². The first kappa shape index (κ1) is 28.0. The fourth-order valence-electron chi connectivity index (χ4n) is 4.00. The number of alkyl halides is 3. The molecule has 1 aromatic heterocycles. The molecule has 1 N–H and O–H groups in total. The number of ether oxygens (including phenoxy) is 2. The predicted octanol–water partition coefficient (Wildman–Crippen LogP) is 6.21. The van der Waals surface area contributed by atoms with E-state index in [0.29, 0.717) is 25.2 Å². The monoisotopic (exact) mass is 516 g/mol. The highest BCUT2D eigenvalue weighted by Gasteiger charge is 2.34. The zero-order valence-electron chi connectivity index (χ0n) is 21.1. The molecule has 0 fully saturated rings. The molecule has 1 atom stereocenters. The summed E-state index contributed by atoms with van der Waals surface area (Å²) in [6.07, 6.45) is -3.65. The predicted molar refractivity (Wildman–Crippen MR) is 134 cm³/mol. The van der Waals surface area contributed by atoms with Crippen LogP contribution in [0.2, 0.25) is 0 Å². The van der Waals surface area contributed by atoms with Crippen LogP contribution in [0, 0.1) is 0 Å². The summed E-state index contributed by atoms with van der Waals surface area (Å²) in [5.74, 6) is -1.26. The Bertz CT molecular complexity index is 1210. The molecule has 6 nitrogen and oxygen atoms in total. The molecule has 0 aliphatic rings. The number of anilines is 1. The van der Waals surface area contributed by atoms with Crippen molar-refractivity contribution in [2.24, 2.45) is 0 Å². The zero-order chi connectivity index (χ0) is 27.0. The van der Waals surface area contributed by atoms with Gasteiger partial charge in [0.15, 0.2) is 0 Å². The average Bonchev–Trinajstić information content (AvgIpc) is 3.30. The Balaban J connectivity index is 1.81. The van der Waals surface area contributed by atoms with E-state index < -0.39 is 29.3 Å². The molecule has 0 radical (unpaired) electrons. The molecule has 0 unspecified atom stereocenters. The Hall–Kier alpha value is -3.59. The summed E-state index contributed by atoms with van der Waals surface area (Å²) in [5, 5.41) is 2.42. The molecular formula is C28H31F3N2O4. The third kappa shape index (κ3) is 7.45. The second-order valence-electron chi connectivity index (χ2n) is 8.71. The molecule has 0 spiro atoms. The summed E-state index contributed by atoms with van der Waals surface area (Å²) in [6, 6.07) is 16.3. The average molecular weight is 517 g/mol. The van der Waals surface area contributed by atoms with Crippen molar-refractivity contribution >= 4 is 17.6 Å². The van der Waals surface area contributed by atoms with Gasteiger partial charge in [-0.3, -0.25) is 9.59 Å². The van der Waals surface area contributed by atoms with Crippen molar-refractivity contribution in [1.29, 1.82) is 0 Å². The summed E-state index contributed by atoms with van der Waals surface area (Å²) in [5.41, 5.74) is 1.04. The van der Waals surface area contributed by atoms with Gasteiger partial charge < -0.3 is 19.4 Å². The molecule has 0 bridgehead atoms. The van der Waals surface area contributed by atoms with Crippen LogP contribution in [0.15, 0.2) is 60.7 Å². The largest absolute Gasteiger partial charge is 0.469 e. The summed E-state index contributed by atoms with van der Waals surface area (Å²) in [4.78, 5) is 24.8. The number of nitrogens with zero attached hydrogens (tertiary/aromatic N) is 1. The van der Waals surface area contributed by atoms with Gasteiger partial charge in [0, 0.05) is 18.2 Å². The Labute approximate surface area is 214 Å². The van der Waals surface area contributed by atoms with Crippen molar-refractivity contribution < 1.29 is 32.2 Å². The number of hydrogen-bond donors (Lipinski definition) is 1. The Kier molecular flexibility index (Phi) is 9.52. The number of rotatable bonds is 11. The lowest BCUT2D eigenvalue weighted by atomic mass is 10.1. The number of aromatic nitrogens is 1. The molecule has 9 heteroatoms. The fraction of sp³-hybridized carbons (Fsp3) is 0.357. The van der Waals surface area contributed by atoms with Gasteiger partial charge in [0.05, 0.1) is 38.0 Å². The number of halogens is 3. The first-order valence-electron chi connectivity index (χ1n) is 12.0. The molecule has 1 heterocycles. The molecule has 0 saturated heterocycles. The molecule has 37 heavy (non-hydrogen) atoms. The minimum absolute atomic E-state index is 0.0624. The Morgan fingerprint density at radius 1 is 1.03 bits per heavy atom. The van der Waals surface area contributed by atoms with Crippen molar-refractivity contribution in [1.82, 2.24) is 4.57 Å². The van der Waals surface area contributed by atoms with E-state index in [-0.39, 0.29) is 18.2 Å². The molecule has 3 aromatic rings. The first-order chi connectivity index (χ1) is 17.6. The van der Waals surface area contributed by atoms with Crippen LogP contribution < -0.4 is 5.32 Å². The maximum atomic E-state index is 13.7. The van der Waals surface area contributed by atoms with Gasteiger partial charge in [-0.15, -0.1) is 0 Å². The van der Waals surface area contributed by atoms with Crippen molar-refractivity contribution in [2.75, 3.05) is 19.0 Å². The van der Waals surface area contributed by atoms with Gasteiger partial charge in [-0.2, -0.15) is 13.2 Å². The number of methoxy groups -OCH3 is 1. The maximum Gasteiger partial charge on any atom is 0.418 e. The molecule has 0 aliphatic carbocycles. The van der Waals surface area contributed by atoms with Gasteiger partial charge in [-0.25, -0.2) is 0 Å². The Morgan fingerprint density at radius 3 is 2.41 bits per heavy atom. The number of benzene rings is 2. The summed E-state index contributed by atoms with van der Waals surface area (Å²) in [7, 11) is 1.20. The summed E-state index contributed by atoms with van der Waals surface area (Å²) < 4.78 is 53.2. The fourth-order valence-corrected chi connectivity index (χ4v) is 4.00. The quantitative estimate of drug-likeness (QED) is 0.243. The second-order valence-corrected chi connectivity index (χ2v) is 8.71. The Morgan fingerprint density at radius 2 is 1.76 bits per heavy atom. The van der Waals surface area contributed by atoms with E-state index in [1.807, 2.05) is 48.7 Å². The van der Waals surface area contributed by atoms with E-state index in [4.69, 9.17) is 4.74 Å². The van der Waals surface area contributed by atoms with Crippen LogP contribution in [-0.2, 0) is 39.9 Å². The van der Waals surface area contributed by atoms with E-state index in [2.05, 4.69) is 10.1 Å². The van der Waals surface area contributed by atoms with Gasteiger partial charge >= 0.3 is 12.1 Å². The highest BCUT2D eigenvalue weighted by Crippen LogP contribution is 2.36. The minimum atomic E-state index is -4.69. The molecule has 198 valence electrons. The highest BCUT2D eigenvalue weighted by molar-refractivity contribution is 6.04. The van der Waals surface area contributed by atoms with Crippen molar-refractivity contribution in [3.8, 4) is 0 Å². The smallest absolute Gasteiger partial charge is 0.418 e. The molecular weight excluding hydrogens is 485 g/mol. The lowest BCUT2D eigenvalue weighted by Crippen LogP contribution is -2.22. The van der Waals surface area contributed by atoms with Gasteiger partial charge in [-0.05, 0) is 48.7 Å². The topological polar surface area (TPSA) is 69.6 Å². The minimum Gasteiger partial charge on any atom is -0.469 e. The standard InChI is InChI=1S/C28H31F3N2O4/c1-4-19(2)33-22(14-15-37-18-20-8-6-5-7-9-20)11-13-25(33)27(35)32-24-16-21(17-26(34)36-3)10-12-23(24)28(29,30)31/h5-13,16,19H,4,14-15,17-18H2,1-3H3,(H,32,35)/t19-/m0/s1. The first-order valence-corrected chi connectivity index (χ1v) is 12.0. The number of hydrogen-bond acceptors (Lipinski definition) is 4. The van der Waals surface area contributed by atoms with Gasteiger partial charge in [0.1, 0.15) is 5.69 Å². The molecule has 0 saturated carbocycles. The third-order valence-corrected chi connectivity index (χ3v) is 6.09. The lowest BCUT2D eigenvalue weighted by molar-refractivity contribution is -0.139. The van der Waals surface area contributed by atoms with Crippen LogP contribution >= 0.6 is 0 Å². The molecule has 0 aliphatic heterocycles. The van der Waals surface area contributed by atoms with E-state index in [1.54, 1.807) is 12.1 Å². The van der Waals surface area contributed by atoms with Crippen LogP contribution in [0.25, 0.3) is 0 Å². The summed E-state index contributed by atoms with van der Waals surface area (Å²) in [6.45, 7) is 4.80. The maximum absolute atomic E-state index is 13.7. The second kappa shape index (κ2) is 12.6. The van der Waals surface area contributed by atoms with Gasteiger partial charge in [-0.1, -0.05) is 43.3 Å². The number of esters is 1. The van der Waals surface area contributed by atoms with Crippen LogP contribution in [0.3, 0.4) is 0 Å². The van der Waals surface area contributed by atoms with Gasteiger partial charge in [0.2, 0.25) is 0 Å². The third-order valence-electron chi connectivity index (χ3n) is 6.09. The lowest BCUT2D eigenvalue weighted by Gasteiger charge is -2.20. The molecule has 3 rings (SSSR count). The summed E-state index contributed by atoms with van der Waals surface area (Å²) >= 11 is 0. The van der Waals surface area contributed by atoms with Crippen LogP contribution in [-0.4, -0.2) is 30.2 Å². The number of carbonyl (C=O) groups excluding carboxylic acids is 2. The van der Waals surface area contributed by atoms with Crippen LogP contribution in [0.4, 0.5) is 18.9 Å². The van der Waals surface area contributed by atoms with E-state index in [1.165, 1.54) is 13.2 Å². The number of amides is 1. The zero-order valence-corrected chi connectivity index (χ0v) is 21.1. The van der Waals surface area contributed by atoms with Crippen molar-refractivity contribution in [2.45, 2.75) is 51.9 Å². The molecule has 2 aromatic carbocycles. The highest BCUT2D eigenvalue weighted by atomic mass is 19.4. The van der Waals surface area contributed by atoms with Crippen LogP contribution in [0.1, 0.15) is 59.2 Å². The van der Waals surface area contributed by atoms with E-state index in [0.717, 1.165) is 29.8 Å². The van der Waals surface area contributed by atoms with Crippen molar-refractivity contribution in [3.63, 3.8) is 0 Å². The normalized spacial score (nSPS) is 12.3. The number of nitrogens with one attached hydrogen (secondary N) is 1.